The van der Waals surface area contributed by atoms with E-state index in [2.05, 4.69) is 19.8 Å². The van der Waals surface area contributed by atoms with Gasteiger partial charge in [-0.2, -0.15) is 0 Å². The van der Waals surface area contributed by atoms with Crippen molar-refractivity contribution in [3.63, 3.8) is 0 Å². The summed E-state index contributed by atoms with van der Waals surface area (Å²) in [6.45, 7) is 8.28. The number of hydrogen-bond acceptors (Lipinski definition) is 6. The van der Waals surface area contributed by atoms with E-state index < -0.39 is 0 Å². The van der Waals surface area contributed by atoms with Crippen molar-refractivity contribution in [3.05, 3.63) is 47.8 Å². The second kappa shape index (κ2) is 8.92. The van der Waals surface area contributed by atoms with Gasteiger partial charge >= 0.3 is 0 Å². The van der Waals surface area contributed by atoms with Crippen LogP contribution in [0.2, 0.25) is 0 Å². The summed E-state index contributed by atoms with van der Waals surface area (Å²) in [6, 6.07) is 7.63. The van der Waals surface area contributed by atoms with Gasteiger partial charge in [0.05, 0.1) is 6.54 Å². The number of carbonyl (C=O) groups excluding carboxylic acids is 2. The van der Waals surface area contributed by atoms with E-state index in [1.165, 1.54) is 0 Å². The van der Waals surface area contributed by atoms with Gasteiger partial charge in [0.2, 0.25) is 11.9 Å². The second-order valence-electron chi connectivity index (χ2n) is 8.33. The van der Waals surface area contributed by atoms with Gasteiger partial charge in [-0.15, -0.1) is 0 Å². The monoisotopic (exact) mass is 407 g/mol. The lowest BCUT2D eigenvalue weighted by Crippen LogP contribution is -2.48. The van der Waals surface area contributed by atoms with Gasteiger partial charge in [0.1, 0.15) is 0 Å². The molecule has 1 saturated heterocycles. The van der Waals surface area contributed by atoms with Crippen LogP contribution in [0.1, 0.15) is 36.2 Å². The van der Waals surface area contributed by atoms with Crippen molar-refractivity contribution in [2.24, 2.45) is 5.92 Å². The molecule has 0 unspecified atom stereocenters. The molecule has 158 valence electrons. The summed E-state index contributed by atoms with van der Waals surface area (Å²) < 4.78 is 0. The Hall–Kier alpha value is -2.80. The number of carbonyl (C=O) groups is 2. The minimum Gasteiger partial charge on any atom is -0.338 e. The van der Waals surface area contributed by atoms with Gasteiger partial charge in [0.15, 0.2) is 5.78 Å². The van der Waals surface area contributed by atoms with Crippen molar-refractivity contribution < 1.29 is 9.59 Å². The molecule has 1 fully saturated rings. The molecular formula is C23H29N5O2. The zero-order valence-electron chi connectivity index (χ0n) is 17.8. The van der Waals surface area contributed by atoms with Crippen LogP contribution < -0.4 is 9.80 Å². The molecule has 2 aliphatic rings. The maximum atomic E-state index is 12.9. The third kappa shape index (κ3) is 4.36. The fourth-order valence-corrected chi connectivity index (χ4v) is 4.17. The molecule has 4 rings (SSSR count). The van der Waals surface area contributed by atoms with Gasteiger partial charge in [-0.3, -0.25) is 14.5 Å². The number of rotatable bonds is 5. The molecule has 0 bridgehead atoms. The Morgan fingerprint density at radius 1 is 1.03 bits per heavy atom. The third-order valence-corrected chi connectivity index (χ3v) is 5.85. The third-order valence-electron chi connectivity index (χ3n) is 5.85. The van der Waals surface area contributed by atoms with E-state index in [1.807, 2.05) is 43.0 Å². The molecule has 7 heteroatoms. The molecule has 3 heterocycles. The van der Waals surface area contributed by atoms with E-state index >= 15 is 0 Å². The predicted octanol–water partition coefficient (Wildman–Crippen LogP) is 2.42. The predicted molar refractivity (Wildman–Crippen MR) is 117 cm³/mol. The van der Waals surface area contributed by atoms with Crippen LogP contribution in [-0.4, -0.2) is 65.8 Å². The summed E-state index contributed by atoms with van der Waals surface area (Å²) in [6.07, 6.45) is 5.36. The lowest BCUT2D eigenvalue weighted by atomic mass is 9.96. The molecule has 2 aliphatic heterocycles. The minimum atomic E-state index is -0.0304. The molecule has 1 aromatic carbocycles. The minimum absolute atomic E-state index is 0.0304. The van der Waals surface area contributed by atoms with Crippen molar-refractivity contribution in [3.8, 4) is 0 Å². The summed E-state index contributed by atoms with van der Waals surface area (Å²) >= 11 is 0. The van der Waals surface area contributed by atoms with E-state index in [0.717, 1.165) is 68.3 Å². The van der Waals surface area contributed by atoms with E-state index in [-0.39, 0.29) is 17.6 Å². The maximum Gasteiger partial charge on any atom is 0.229 e. The quantitative estimate of drug-likeness (QED) is 0.709. The maximum absolute atomic E-state index is 12.9. The fourth-order valence-electron chi connectivity index (χ4n) is 4.17. The Balaban J connectivity index is 1.38. The number of aromatic nitrogens is 2. The van der Waals surface area contributed by atoms with Crippen LogP contribution in [0.25, 0.3) is 0 Å². The zero-order valence-corrected chi connectivity index (χ0v) is 17.8. The van der Waals surface area contributed by atoms with Gasteiger partial charge in [0, 0.05) is 62.3 Å². The van der Waals surface area contributed by atoms with Crippen LogP contribution >= 0.6 is 0 Å². The van der Waals surface area contributed by atoms with Crippen molar-refractivity contribution in [2.75, 3.05) is 49.1 Å². The number of hydrogen-bond donors (Lipinski definition) is 0. The summed E-state index contributed by atoms with van der Waals surface area (Å²) in [7, 11) is 0. The Morgan fingerprint density at radius 2 is 1.77 bits per heavy atom. The van der Waals surface area contributed by atoms with Crippen LogP contribution in [-0.2, 0) is 11.2 Å². The van der Waals surface area contributed by atoms with Gasteiger partial charge in [-0.1, -0.05) is 13.8 Å². The van der Waals surface area contributed by atoms with Gasteiger partial charge < -0.3 is 9.80 Å². The summed E-state index contributed by atoms with van der Waals surface area (Å²) in [5, 5.41) is 0. The normalized spacial score (nSPS) is 17.2. The van der Waals surface area contributed by atoms with Gasteiger partial charge in [0.25, 0.3) is 0 Å². The lowest BCUT2D eigenvalue weighted by Gasteiger charge is -2.34. The number of amides is 1. The zero-order chi connectivity index (χ0) is 21.1. The lowest BCUT2D eigenvalue weighted by molar-refractivity contribution is -0.121. The van der Waals surface area contributed by atoms with E-state index in [1.54, 1.807) is 12.4 Å². The summed E-state index contributed by atoms with van der Waals surface area (Å²) in [5.74, 6) is 1.00. The Bertz CT molecular complexity index is 907. The highest BCUT2D eigenvalue weighted by Crippen LogP contribution is 2.29. The van der Waals surface area contributed by atoms with Crippen molar-refractivity contribution in [2.45, 2.75) is 26.7 Å². The number of fused-ring (bicyclic) bond motifs is 1. The van der Waals surface area contributed by atoms with Crippen molar-refractivity contribution in [1.29, 1.82) is 0 Å². The van der Waals surface area contributed by atoms with Crippen LogP contribution in [0.4, 0.5) is 11.6 Å². The number of anilines is 2. The molecule has 1 aromatic heterocycles. The molecule has 0 N–H and O–H groups in total. The van der Waals surface area contributed by atoms with Crippen LogP contribution in [0.15, 0.2) is 36.7 Å². The molecule has 30 heavy (non-hydrogen) atoms. The standard InChI is InChI=1S/C23H29N5O2/c1-17(2)22(30)28-10-3-5-18-15-19(6-7-20(18)28)21(29)16-26-11-13-27(14-12-26)23-24-8-4-9-25-23/h4,6-9,15,17H,3,5,10-14,16H2,1-2H3. The Kier molecular flexibility index (Phi) is 6.08. The number of nitrogens with zero attached hydrogens (tertiary/aromatic N) is 5. The second-order valence-corrected chi connectivity index (χ2v) is 8.33. The molecule has 0 spiro atoms. The van der Waals surface area contributed by atoms with E-state index in [9.17, 15) is 9.59 Å². The first kappa shape index (κ1) is 20.5. The van der Waals surface area contributed by atoms with E-state index in [0.29, 0.717) is 6.54 Å². The molecule has 0 atom stereocenters. The molecular weight excluding hydrogens is 378 g/mol. The number of aryl methyl sites for hydroxylation is 1. The highest BCUT2D eigenvalue weighted by atomic mass is 16.2. The van der Waals surface area contributed by atoms with Gasteiger partial charge in [-0.05, 0) is 42.7 Å². The Morgan fingerprint density at radius 3 is 2.47 bits per heavy atom. The van der Waals surface area contributed by atoms with Crippen LogP contribution in [0.5, 0.6) is 0 Å². The molecule has 1 amide bonds. The number of ketones is 1. The number of Topliss-reactive ketones (excluding diaryl/α,β-unsaturated/α-hetero) is 1. The topological polar surface area (TPSA) is 69.6 Å². The average Bonchev–Trinajstić information content (AvgIpc) is 2.78. The molecule has 2 aromatic rings. The molecule has 0 aliphatic carbocycles. The largest absolute Gasteiger partial charge is 0.338 e. The molecule has 7 nitrogen and oxygen atoms in total. The summed E-state index contributed by atoms with van der Waals surface area (Å²) in [4.78, 5) is 40.3. The average molecular weight is 408 g/mol. The SMILES string of the molecule is CC(C)C(=O)N1CCCc2cc(C(=O)CN3CCN(c4ncccn4)CC3)ccc21. The first-order valence-electron chi connectivity index (χ1n) is 10.7. The Labute approximate surface area is 177 Å². The summed E-state index contributed by atoms with van der Waals surface area (Å²) in [5.41, 5.74) is 2.81. The number of benzene rings is 1. The smallest absolute Gasteiger partial charge is 0.229 e. The van der Waals surface area contributed by atoms with E-state index in [4.69, 9.17) is 0 Å². The van der Waals surface area contributed by atoms with Crippen molar-refractivity contribution in [1.82, 2.24) is 14.9 Å². The first-order chi connectivity index (χ1) is 14.5. The highest BCUT2D eigenvalue weighted by Gasteiger charge is 2.26. The molecule has 0 radical (unpaired) electrons. The first-order valence-corrected chi connectivity index (χ1v) is 10.7. The van der Waals surface area contributed by atoms with Gasteiger partial charge in [-0.25, -0.2) is 9.97 Å². The van der Waals surface area contributed by atoms with Crippen LogP contribution in [0, 0.1) is 5.92 Å². The van der Waals surface area contributed by atoms with Crippen LogP contribution in [0.3, 0.4) is 0 Å². The number of piperazine rings is 1. The fraction of sp³-hybridized carbons (Fsp3) is 0.478. The van der Waals surface area contributed by atoms with Crippen molar-refractivity contribution >= 4 is 23.3 Å². The molecule has 0 saturated carbocycles. The highest BCUT2D eigenvalue weighted by molar-refractivity contribution is 6.00.